The minimum Gasteiger partial charge on any atom is -0.342 e. The maximum absolute atomic E-state index is 11.9. The van der Waals surface area contributed by atoms with E-state index >= 15 is 0 Å². The largest absolute Gasteiger partial charge is 0.342 e. The van der Waals surface area contributed by atoms with E-state index in [9.17, 15) is 4.79 Å². The maximum Gasteiger partial charge on any atom is 0.222 e. The first-order valence-corrected chi connectivity index (χ1v) is 6.19. The van der Waals surface area contributed by atoms with Crippen LogP contribution < -0.4 is 5.73 Å². The van der Waals surface area contributed by atoms with Crippen molar-refractivity contribution in [1.82, 2.24) is 4.90 Å². The van der Waals surface area contributed by atoms with E-state index in [2.05, 4.69) is 13.8 Å². The lowest BCUT2D eigenvalue weighted by atomic mass is 9.99. The van der Waals surface area contributed by atoms with Crippen LogP contribution in [0, 0.1) is 11.8 Å². The second kappa shape index (κ2) is 6.11. The summed E-state index contributed by atoms with van der Waals surface area (Å²) in [6.45, 7) is 6.84. The van der Waals surface area contributed by atoms with Gasteiger partial charge in [-0.25, -0.2) is 0 Å². The molecule has 1 saturated heterocycles. The highest BCUT2D eigenvalue weighted by molar-refractivity contribution is 5.76. The normalized spacial score (nSPS) is 21.3. The van der Waals surface area contributed by atoms with Gasteiger partial charge in [-0.3, -0.25) is 4.79 Å². The van der Waals surface area contributed by atoms with E-state index in [-0.39, 0.29) is 0 Å². The fourth-order valence-corrected chi connectivity index (χ4v) is 2.20. The molecule has 3 nitrogen and oxygen atoms in total. The SMILES string of the molecule is CCC(CC)CC(=O)N1CCC(CN)C1. The second-order valence-corrected chi connectivity index (χ2v) is 4.62. The van der Waals surface area contributed by atoms with Crippen molar-refractivity contribution in [2.24, 2.45) is 17.6 Å². The molecule has 15 heavy (non-hydrogen) atoms. The minimum atomic E-state index is 0.333. The fraction of sp³-hybridized carbons (Fsp3) is 0.917. The average Bonchev–Trinajstić information content (AvgIpc) is 2.74. The Balaban J connectivity index is 2.34. The van der Waals surface area contributed by atoms with Crippen LogP contribution in [-0.4, -0.2) is 30.4 Å². The summed E-state index contributed by atoms with van der Waals surface area (Å²) in [5.41, 5.74) is 5.61. The number of hydrogen-bond donors (Lipinski definition) is 1. The van der Waals surface area contributed by atoms with E-state index < -0.39 is 0 Å². The number of nitrogens with two attached hydrogens (primary N) is 1. The van der Waals surface area contributed by atoms with Gasteiger partial charge in [0.2, 0.25) is 5.91 Å². The second-order valence-electron chi connectivity index (χ2n) is 4.62. The Morgan fingerprint density at radius 1 is 1.47 bits per heavy atom. The quantitative estimate of drug-likeness (QED) is 0.752. The van der Waals surface area contributed by atoms with Crippen LogP contribution in [0.3, 0.4) is 0 Å². The summed E-state index contributed by atoms with van der Waals surface area (Å²) < 4.78 is 0. The van der Waals surface area contributed by atoms with Crippen molar-refractivity contribution in [3.05, 3.63) is 0 Å². The van der Waals surface area contributed by atoms with Gasteiger partial charge >= 0.3 is 0 Å². The van der Waals surface area contributed by atoms with Gasteiger partial charge in [0, 0.05) is 19.5 Å². The van der Waals surface area contributed by atoms with Gasteiger partial charge in [0.25, 0.3) is 0 Å². The van der Waals surface area contributed by atoms with Crippen molar-refractivity contribution in [3.8, 4) is 0 Å². The average molecular weight is 212 g/mol. The number of carbonyl (C=O) groups is 1. The van der Waals surface area contributed by atoms with Gasteiger partial charge in [-0.15, -0.1) is 0 Å². The third kappa shape index (κ3) is 3.49. The van der Waals surface area contributed by atoms with Crippen LogP contribution in [0.4, 0.5) is 0 Å². The van der Waals surface area contributed by atoms with E-state index in [0.717, 1.165) is 45.3 Å². The molecule has 1 heterocycles. The smallest absolute Gasteiger partial charge is 0.222 e. The lowest BCUT2D eigenvalue weighted by Crippen LogP contribution is -2.31. The number of carbonyl (C=O) groups excluding carboxylic acids is 1. The van der Waals surface area contributed by atoms with Crippen molar-refractivity contribution in [2.45, 2.75) is 39.5 Å². The monoisotopic (exact) mass is 212 g/mol. The maximum atomic E-state index is 11.9. The summed E-state index contributed by atoms with van der Waals surface area (Å²) in [4.78, 5) is 13.9. The Morgan fingerprint density at radius 3 is 2.60 bits per heavy atom. The zero-order chi connectivity index (χ0) is 11.3. The van der Waals surface area contributed by atoms with Gasteiger partial charge in [-0.1, -0.05) is 26.7 Å². The Hall–Kier alpha value is -0.570. The highest BCUT2D eigenvalue weighted by atomic mass is 16.2. The van der Waals surface area contributed by atoms with Gasteiger partial charge in [0.15, 0.2) is 0 Å². The first-order valence-electron chi connectivity index (χ1n) is 6.19. The molecule has 1 aliphatic heterocycles. The summed E-state index contributed by atoms with van der Waals surface area (Å²) in [6.07, 6.45) is 4.03. The molecule has 1 unspecified atom stereocenters. The van der Waals surface area contributed by atoms with Crippen LogP contribution in [0.1, 0.15) is 39.5 Å². The molecule has 2 N–H and O–H groups in total. The molecule has 0 spiro atoms. The topological polar surface area (TPSA) is 46.3 Å². The summed E-state index contributed by atoms with van der Waals surface area (Å²) in [5, 5.41) is 0. The molecule has 0 aromatic heterocycles. The Kier molecular flexibility index (Phi) is 5.09. The minimum absolute atomic E-state index is 0.333. The number of rotatable bonds is 5. The third-order valence-electron chi connectivity index (χ3n) is 3.59. The molecular weight excluding hydrogens is 188 g/mol. The van der Waals surface area contributed by atoms with Crippen molar-refractivity contribution in [3.63, 3.8) is 0 Å². The third-order valence-corrected chi connectivity index (χ3v) is 3.59. The number of amides is 1. The van der Waals surface area contributed by atoms with E-state index in [1.165, 1.54) is 0 Å². The molecule has 88 valence electrons. The molecule has 1 amide bonds. The van der Waals surface area contributed by atoms with Crippen molar-refractivity contribution in [1.29, 1.82) is 0 Å². The van der Waals surface area contributed by atoms with Crippen molar-refractivity contribution < 1.29 is 4.79 Å². The lowest BCUT2D eigenvalue weighted by Gasteiger charge is -2.19. The Labute approximate surface area is 93.0 Å². The van der Waals surface area contributed by atoms with Crippen LogP contribution in [0.15, 0.2) is 0 Å². The molecule has 0 saturated carbocycles. The molecule has 1 atom stereocenters. The van der Waals surface area contributed by atoms with Crippen molar-refractivity contribution >= 4 is 5.91 Å². The number of nitrogens with zero attached hydrogens (tertiary/aromatic N) is 1. The van der Waals surface area contributed by atoms with Gasteiger partial charge in [0.05, 0.1) is 0 Å². The summed E-state index contributed by atoms with van der Waals surface area (Å²) >= 11 is 0. The lowest BCUT2D eigenvalue weighted by molar-refractivity contribution is -0.131. The molecule has 1 fully saturated rings. The highest BCUT2D eigenvalue weighted by Gasteiger charge is 2.25. The fourth-order valence-electron chi connectivity index (χ4n) is 2.20. The summed E-state index contributed by atoms with van der Waals surface area (Å²) in [7, 11) is 0. The summed E-state index contributed by atoms with van der Waals surface area (Å²) in [6, 6.07) is 0. The highest BCUT2D eigenvalue weighted by Crippen LogP contribution is 2.19. The molecule has 0 aromatic carbocycles. The van der Waals surface area contributed by atoms with Gasteiger partial charge in [-0.05, 0) is 24.8 Å². The first kappa shape index (κ1) is 12.5. The molecule has 0 bridgehead atoms. The molecule has 1 aliphatic rings. The van der Waals surface area contributed by atoms with Crippen LogP contribution >= 0.6 is 0 Å². The van der Waals surface area contributed by atoms with Crippen molar-refractivity contribution in [2.75, 3.05) is 19.6 Å². The standard InChI is InChI=1S/C12H24N2O/c1-3-10(4-2)7-12(15)14-6-5-11(8-13)9-14/h10-11H,3-9,13H2,1-2H3. The predicted octanol–water partition coefficient (Wildman–Crippen LogP) is 1.62. The van der Waals surface area contributed by atoms with Crippen LogP contribution in [0.2, 0.25) is 0 Å². The summed E-state index contributed by atoms with van der Waals surface area (Å²) in [5.74, 6) is 1.43. The molecule has 1 rings (SSSR count). The molecule has 0 radical (unpaired) electrons. The van der Waals surface area contributed by atoms with Gasteiger partial charge < -0.3 is 10.6 Å². The van der Waals surface area contributed by atoms with Crippen LogP contribution in [-0.2, 0) is 4.79 Å². The molecular formula is C12H24N2O. The number of hydrogen-bond acceptors (Lipinski definition) is 2. The Bertz CT molecular complexity index is 202. The molecule has 0 aromatic rings. The zero-order valence-corrected chi connectivity index (χ0v) is 10.0. The molecule has 3 heteroatoms. The predicted molar refractivity (Wildman–Crippen MR) is 62.4 cm³/mol. The number of likely N-dealkylation sites (tertiary alicyclic amines) is 1. The van der Waals surface area contributed by atoms with Gasteiger partial charge in [-0.2, -0.15) is 0 Å². The van der Waals surface area contributed by atoms with E-state index in [4.69, 9.17) is 5.73 Å². The van der Waals surface area contributed by atoms with E-state index in [1.54, 1.807) is 0 Å². The van der Waals surface area contributed by atoms with E-state index in [1.807, 2.05) is 4.90 Å². The van der Waals surface area contributed by atoms with Crippen LogP contribution in [0.25, 0.3) is 0 Å². The van der Waals surface area contributed by atoms with Crippen LogP contribution in [0.5, 0.6) is 0 Å². The zero-order valence-electron chi connectivity index (χ0n) is 10.0. The Morgan fingerprint density at radius 2 is 2.13 bits per heavy atom. The molecule has 0 aliphatic carbocycles. The van der Waals surface area contributed by atoms with E-state index in [0.29, 0.717) is 17.7 Å². The van der Waals surface area contributed by atoms with Gasteiger partial charge in [0.1, 0.15) is 0 Å². The first-order chi connectivity index (χ1) is 7.21.